The molecule has 0 aliphatic heterocycles. The Labute approximate surface area is 644 Å². The highest BCUT2D eigenvalue weighted by atomic mass is 28.3. The van der Waals surface area contributed by atoms with Crippen LogP contribution >= 0.6 is 0 Å². The van der Waals surface area contributed by atoms with Gasteiger partial charge in [-0.25, -0.2) is 72.8 Å². The first-order valence-electron chi connectivity index (χ1n) is 35.0. The van der Waals surface area contributed by atoms with Gasteiger partial charge in [-0.2, -0.15) is 24.0 Å². The van der Waals surface area contributed by atoms with E-state index < -0.39 is 165 Å². The molecule has 2 atom stereocenters. The summed E-state index contributed by atoms with van der Waals surface area (Å²) in [6.45, 7) is 45.5. The summed E-state index contributed by atoms with van der Waals surface area (Å²) >= 11 is 0. The molecule has 0 saturated carbocycles. The molecule has 582 valence electrons. The maximum Gasteiger partial charge on any atom is 0.549 e. The Bertz CT molecular complexity index is 3880. The molecule has 5 aromatic carbocycles. The molecule has 0 aliphatic carbocycles. The fourth-order valence-electron chi connectivity index (χ4n) is 12.0. The third-order valence-corrected chi connectivity index (χ3v) is 39.8. The van der Waals surface area contributed by atoms with Crippen molar-refractivity contribution in [2.75, 3.05) is 33.0 Å². The molecule has 0 bridgehead atoms. The van der Waals surface area contributed by atoms with Gasteiger partial charge in [0.1, 0.15) is 40.4 Å². The SMILES string of the molecule is C=C[Si](C=C)(CC)c1ccc(C(=O)OOC(=O)OCCC(COC(=O)OOC(=O)c2ccc([Si](C=C)(C=C)CC)cc2)C(COC(=O)OOC(=O)c2ccc([Si](C=C)(C=C)CC)cc2)C(CCOC(=O)OOC(=O)c2ccc([Si](C=C)(C=C)CC)cc2)COC(=O)OOC(=O)c2ccc([Si](C=C)(C=C)CC)cc2)cc1. The zero-order valence-electron chi connectivity index (χ0n) is 62.3. The third kappa shape index (κ3) is 23.4. The summed E-state index contributed by atoms with van der Waals surface area (Å²) in [6, 6.07) is 35.0. The molecule has 0 fully saturated rings. The second-order valence-corrected chi connectivity index (χ2v) is 45.7. The van der Waals surface area contributed by atoms with Crippen LogP contribution in [0.2, 0.25) is 30.2 Å². The minimum atomic E-state index is -2.35. The van der Waals surface area contributed by atoms with Crippen LogP contribution in [0, 0.1) is 17.8 Å². The predicted molar refractivity (Wildman–Crippen MR) is 422 cm³/mol. The van der Waals surface area contributed by atoms with Crippen LogP contribution in [0.5, 0.6) is 0 Å². The van der Waals surface area contributed by atoms with E-state index in [1.54, 1.807) is 60.7 Å². The van der Waals surface area contributed by atoms with Gasteiger partial charge >= 0.3 is 60.6 Å². The van der Waals surface area contributed by atoms with Crippen molar-refractivity contribution in [2.24, 2.45) is 17.8 Å². The second-order valence-electron chi connectivity index (χ2n) is 24.8. The first-order valence-corrected chi connectivity index (χ1v) is 46.8. The van der Waals surface area contributed by atoms with E-state index >= 15 is 0 Å². The molecule has 110 heavy (non-hydrogen) atoms. The minimum Gasteiger partial charge on any atom is -0.432 e. The lowest BCUT2D eigenvalue weighted by Crippen LogP contribution is -2.43. The van der Waals surface area contributed by atoms with Crippen LogP contribution in [0.25, 0.3) is 0 Å². The molecule has 0 radical (unpaired) electrons. The molecule has 0 heterocycles. The molecule has 5 rings (SSSR count). The molecule has 0 aromatic heterocycles. The summed E-state index contributed by atoms with van der Waals surface area (Å²) in [5.74, 6) is -9.85. The Balaban J connectivity index is 1.51. The minimum absolute atomic E-state index is 0.0185. The fraction of sp³-hybridized carbons (Fsp3) is 0.250. The molecular weight excluding hydrogens is 1500 g/mol. The average Bonchev–Trinajstić information content (AvgIpc) is 0.841. The summed E-state index contributed by atoms with van der Waals surface area (Å²) in [5, 5.41) is 4.40. The Morgan fingerprint density at radius 1 is 0.264 bits per heavy atom. The second kappa shape index (κ2) is 43.3. The fourth-order valence-corrected chi connectivity index (χ4v) is 24.0. The summed E-state index contributed by atoms with van der Waals surface area (Å²) in [5.41, 5.74) is 18.2. The maximum atomic E-state index is 13.7. The Morgan fingerprint density at radius 2 is 0.436 bits per heavy atom. The van der Waals surface area contributed by atoms with Gasteiger partial charge in [0.2, 0.25) is 0 Å². The number of benzene rings is 5. The molecule has 0 N–H and O–H groups in total. The summed E-state index contributed by atoms with van der Waals surface area (Å²) in [6.07, 6.45) is -9.11. The number of hydrogen-bond donors (Lipinski definition) is 0. The highest BCUT2D eigenvalue weighted by Gasteiger charge is 2.37. The number of rotatable bonds is 39. The Morgan fingerprint density at radius 3 is 0.609 bits per heavy atom. The molecule has 0 aliphatic rings. The van der Waals surface area contributed by atoms with Crippen LogP contribution in [0.4, 0.5) is 24.0 Å². The third-order valence-electron chi connectivity index (χ3n) is 19.6. The van der Waals surface area contributed by atoms with Crippen molar-refractivity contribution >= 4 is 127 Å². The van der Waals surface area contributed by atoms with Gasteiger partial charge in [0.15, 0.2) is 0 Å². The first-order chi connectivity index (χ1) is 52.8. The smallest absolute Gasteiger partial charge is 0.432 e. The van der Waals surface area contributed by atoms with Crippen molar-refractivity contribution in [2.45, 2.75) is 77.7 Å². The quantitative estimate of drug-likeness (QED) is 0.0116. The van der Waals surface area contributed by atoms with Gasteiger partial charge < -0.3 is 23.7 Å². The van der Waals surface area contributed by atoms with Gasteiger partial charge in [-0.1, -0.05) is 178 Å². The Kier molecular flexibility index (Phi) is 35.0. The predicted octanol–water partition coefficient (Wildman–Crippen LogP) is 13.9. The highest BCUT2D eigenvalue weighted by Crippen LogP contribution is 2.31. The van der Waals surface area contributed by atoms with Crippen molar-refractivity contribution < 1.29 is 121 Å². The van der Waals surface area contributed by atoms with E-state index in [1.165, 1.54) is 60.7 Å². The molecule has 2 unspecified atom stereocenters. The van der Waals surface area contributed by atoms with Crippen LogP contribution in [0.3, 0.4) is 0 Å². The lowest BCUT2D eigenvalue weighted by Gasteiger charge is -2.32. The van der Waals surface area contributed by atoms with Crippen molar-refractivity contribution in [3.8, 4) is 0 Å². The lowest BCUT2D eigenvalue weighted by atomic mass is 9.79. The first kappa shape index (κ1) is 88.9. The number of carbonyl (C=O) groups is 10. The van der Waals surface area contributed by atoms with Crippen LogP contribution in [-0.4, -0.2) is 134 Å². The largest absolute Gasteiger partial charge is 0.549 e. The monoisotopic (exact) mass is 1590 g/mol. The Hall–Kier alpha value is -11.7. The van der Waals surface area contributed by atoms with E-state index in [2.05, 4.69) is 65.8 Å². The van der Waals surface area contributed by atoms with Gasteiger partial charge in [-0.3, -0.25) is 0 Å². The number of carbonyl (C=O) groups excluding carboxylic acids is 10. The van der Waals surface area contributed by atoms with Crippen LogP contribution < -0.4 is 25.9 Å². The molecule has 0 saturated heterocycles. The standard InChI is InChI=1S/C80H92O25Si5/c1-16-106(17-2,18-3)65-41-31-58(32-42-65)71(81)96-101-76(86)91-53-51-63(55-93-78(88)103-98-73(83)60-35-45-67(46-36-60)108(22-7,23-8)24-9)70(57-95-80(90)105-100-75(85)62-39-49-69(50-40-62)110(28-13,29-14)30-15)64(56-94-79(89)104-99-74(84)61-37-47-68(48-38-61)109(25-10,26-11)27-12)52-54-92-77(87)102-97-72(82)59-33-43-66(44-34-59)107(19-4,20-5)21-6/h16-17,19-20,22-23,25-26,28-29,31-50,63-64,70H,1-2,4-5,7-8,10-11,13-14,18,21,24,27,30,51-57H2,3,6,9,12,15H3. The van der Waals surface area contributed by atoms with E-state index in [-0.39, 0.29) is 27.8 Å². The molecule has 0 spiro atoms. The molecule has 30 heteroatoms. The summed E-state index contributed by atoms with van der Waals surface area (Å²) in [7, 11) is -11.7. The van der Waals surface area contributed by atoms with E-state index in [0.29, 0.717) is 0 Å². The average molecular weight is 1590 g/mol. The maximum absolute atomic E-state index is 13.7. The number of ether oxygens (including phenoxy) is 5. The van der Waals surface area contributed by atoms with Crippen molar-refractivity contribution in [3.05, 3.63) is 272 Å². The summed E-state index contributed by atoms with van der Waals surface area (Å²) in [4.78, 5) is 182. The van der Waals surface area contributed by atoms with Crippen molar-refractivity contribution in [1.82, 2.24) is 0 Å². The van der Waals surface area contributed by atoms with E-state index in [9.17, 15) is 47.9 Å². The molecule has 25 nitrogen and oxygen atoms in total. The van der Waals surface area contributed by atoms with Crippen LogP contribution in [-0.2, 0) is 72.6 Å². The van der Waals surface area contributed by atoms with Gasteiger partial charge in [-0.05, 0) is 104 Å². The van der Waals surface area contributed by atoms with Crippen molar-refractivity contribution in [1.29, 1.82) is 0 Å². The van der Waals surface area contributed by atoms with E-state index in [4.69, 9.17) is 72.6 Å². The van der Waals surface area contributed by atoms with Crippen LogP contribution in [0.15, 0.2) is 244 Å². The molecule has 0 amide bonds. The normalized spacial score (nSPS) is 12.0. The van der Waals surface area contributed by atoms with E-state index in [1.807, 2.05) is 91.6 Å². The van der Waals surface area contributed by atoms with Gasteiger partial charge in [0, 0.05) is 17.8 Å². The van der Waals surface area contributed by atoms with Gasteiger partial charge in [0.05, 0.1) is 60.9 Å². The topological polar surface area (TPSA) is 309 Å². The van der Waals surface area contributed by atoms with Crippen molar-refractivity contribution in [3.63, 3.8) is 0 Å². The van der Waals surface area contributed by atoms with Gasteiger partial charge in [0.25, 0.3) is 0 Å². The van der Waals surface area contributed by atoms with E-state index in [0.717, 1.165) is 56.2 Å². The molecule has 5 aromatic rings. The highest BCUT2D eigenvalue weighted by molar-refractivity contribution is 7.01. The van der Waals surface area contributed by atoms with Crippen LogP contribution in [0.1, 0.15) is 99.3 Å². The zero-order valence-corrected chi connectivity index (χ0v) is 67.3. The number of hydrogen-bond acceptors (Lipinski definition) is 25. The van der Waals surface area contributed by atoms with Gasteiger partial charge in [-0.15, -0.1) is 65.8 Å². The molecular formula is C80H92O25Si5. The lowest BCUT2D eigenvalue weighted by molar-refractivity contribution is -0.210. The summed E-state index contributed by atoms with van der Waals surface area (Å²) < 4.78 is 27.2. The zero-order chi connectivity index (χ0) is 81.1.